The van der Waals surface area contributed by atoms with Crippen molar-refractivity contribution >= 4 is 32.4 Å². The molecule has 0 fully saturated rings. The maximum Gasteiger partial charge on any atom is 0.160 e. The zero-order valence-corrected chi connectivity index (χ0v) is 19.6. The quantitative estimate of drug-likeness (QED) is 0.247. The molecule has 0 bridgehead atoms. The molecule has 2 nitrogen and oxygen atoms in total. The van der Waals surface area contributed by atoms with Gasteiger partial charge in [0, 0.05) is 21.9 Å². The van der Waals surface area contributed by atoms with Crippen molar-refractivity contribution in [2.75, 3.05) is 0 Å². The summed E-state index contributed by atoms with van der Waals surface area (Å²) in [5.41, 5.74) is 6.41. The van der Waals surface area contributed by atoms with E-state index in [1.807, 2.05) is 24.3 Å². The van der Waals surface area contributed by atoms with E-state index in [1.165, 1.54) is 27.3 Å². The van der Waals surface area contributed by atoms with Gasteiger partial charge >= 0.3 is 0 Å². The Bertz CT molecular complexity index is 1870. The lowest BCUT2D eigenvalue weighted by atomic mass is 9.92. The molecule has 36 heavy (non-hydrogen) atoms. The lowest BCUT2D eigenvalue weighted by Crippen LogP contribution is -1.97. The number of hydrogen-bond acceptors (Lipinski definition) is 2. The number of aromatic nitrogens is 2. The molecule has 168 valence electrons. The summed E-state index contributed by atoms with van der Waals surface area (Å²) in [6.07, 6.45) is 0. The third kappa shape index (κ3) is 3.43. The van der Waals surface area contributed by atoms with Crippen molar-refractivity contribution in [2.45, 2.75) is 0 Å². The molecule has 1 heterocycles. The van der Waals surface area contributed by atoms with Gasteiger partial charge in [0.1, 0.15) is 0 Å². The first-order valence-electron chi connectivity index (χ1n) is 12.2. The van der Waals surface area contributed by atoms with Crippen molar-refractivity contribution in [1.82, 2.24) is 9.97 Å². The molecule has 1 aromatic heterocycles. The summed E-state index contributed by atoms with van der Waals surface area (Å²) in [7, 11) is 0. The van der Waals surface area contributed by atoms with E-state index in [9.17, 15) is 0 Å². The van der Waals surface area contributed by atoms with Gasteiger partial charge in [0.15, 0.2) is 5.82 Å². The standard InChI is InChI=1S/C34H22N2/c1-3-12-24(13-4-1)32-31-22-30(27-20-19-23-11-7-8-16-26(23)21-27)28-17-9-10-18-29(28)33(31)36-34(35-32)25-14-5-2-6-15-25/h1-22H. The van der Waals surface area contributed by atoms with Crippen molar-refractivity contribution in [3.8, 4) is 33.8 Å². The lowest BCUT2D eigenvalue weighted by molar-refractivity contribution is 1.23. The van der Waals surface area contributed by atoms with Gasteiger partial charge in [-0.2, -0.15) is 0 Å². The molecule has 0 aliphatic carbocycles. The average molecular weight is 459 g/mol. The van der Waals surface area contributed by atoms with Crippen molar-refractivity contribution in [3.63, 3.8) is 0 Å². The van der Waals surface area contributed by atoms with Gasteiger partial charge in [-0.3, -0.25) is 0 Å². The molecule has 2 heteroatoms. The van der Waals surface area contributed by atoms with Crippen LogP contribution in [0.15, 0.2) is 133 Å². The third-order valence-corrected chi connectivity index (χ3v) is 6.85. The zero-order chi connectivity index (χ0) is 23.9. The number of nitrogens with zero attached hydrogens (tertiary/aromatic N) is 2. The van der Waals surface area contributed by atoms with E-state index in [1.54, 1.807) is 0 Å². The molecule has 0 N–H and O–H groups in total. The van der Waals surface area contributed by atoms with E-state index in [0.29, 0.717) is 0 Å². The number of hydrogen-bond donors (Lipinski definition) is 0. The summed E-state index contributed by atoms with van der Waals surface area (Å²) in [6, 6.07) is 46.7. The van der Waals surface area contributed by atoms with Crippen LogP contribution in [-0.2, 0) is 0 Å². The molecule has 0 radical (unpaired) electrons. The second-order valence-electron chi connectivity index (χ2n) is 9.06. The number of benzene rings is 6. The Hall–Kier alpha value is -4.82. The van der Waals surface area contributed by atoms with Crippen LogP contribution >= 0.6 is 0 Å². The van der Waals surface area contributed by atoms with E-state index in [-0.39, 0.29) is 0 Å². The van der Waals surface area contributed by atoms with Gasteiger partial charge < -0.3 is 0 Å². The monoisotopic (exact) mass is 458 g/mol. The van der Waals surface area contributed by atoms with Crippen LogP contribution in [-0.4, -0.2) is 9.97 Å². The van der Waals surface area contributed by atoms with Crippen LogP contribution in [0.4, 0.5) is 0 Å². The maximum absolute atomic E-state index is 5.13. The second kappa shape index (κ2) is 8.44. The molecule has 0 amide bonds. The fraction of sp³-hybridized carbons (Fsp3) is 0. The Morgan fingerprint density at radius 1 is 0.389 bits per heavy atom. The smallest absolute Gasteiger partial charge is 0.160 e. The zero-order valence-electron chi connectivity index (χ0n) is 19.6. The first-order valence-corrected chi connectivity index (χ1v) is 12.2. The Labute approximate surface area is 209 Å². The topological polar surface area (TPSA) is 25.8 Å². The number of fused-ring (bicyclic) bond motifs is 4. The Kier molecular flexibility index (Phi) is 4.82. The van der Waals surface area contributed by atoms with Crippen molar-refractivity contribution in [3.05, 3.63) is 133 Å². The summed E-state index contributed by atoms with van der Waals surface area (Å²) >= 11 is 0. The van der Waals surface area contributed by atoms with Gasteiger partial charge in [0.25, 0.3) is 0 Å². The fourth-order valence-corrected chi connectivity index (χ4v) is 5.09. The summed E-state index contributed by atoms with van der Waals surface area (Å²) in [5.74, 6) is 0.741. The number of rotatable bonds is 3. The molecule has 0 aliphatic heterocycles. The van der Waals surface area contributed by atoms with Crippen molar-refractivity contribution < 1.29 is 0 Å². The highest BCUT2D eigenvalue weighted by Crippen LogP contribution is 2.39. The van der Waals surface area contributed by atoms with Gasteiger partial charge in [-0.05, 0) is 39.4 Å². The van der Waals surface area contributed by atoms with Gasteiger partial charge in [-0.25, -0.2) is 9.97 Å². The Morgan fingerprint density at radius 2 is 1.03 bits per heavy atom. The van der Waals surface area contributed by atoms with Gasteiger partial charge in [-0.15, -0.1) is 0 Å². The largest absolute Gasteiger partial charge is 0.227 e. The normalized spacial score (nSPS) is 11.3. The predicted octanol–water partition coefficient (Wildman–Crippen LogP) is 8.94. The van der Waals surface area contributed by atoms with Crippen LogP contribution in [0.5, 0.6) is 0 Å². The van der Waals surface area contributed by atoms with Gasteiger partial charge in [-0.1, -0.05) is 121 Å². The molecule has 0 unspecified atom stereocenters. The van der Waals surface area contributed by atoms with Gasteiger partial charge in [0.05, 0.1) is 11.2 Å². The molecule has 0 aliphatic rings. The highest BCUT2D eigenvalue weighted by atomic mass is 14.9. The highest BCUT2D eigenvalue weighted by Gasteiger charge is 2.17. The molecule has 6 aromatic carbocycles. The minimum Gasteiger partial charge on any atom is -0.227 e. The third-order valence-electron chi connectivity index (χ3n) is 6.85. The van der Waals surface area contributed by atoms with E-state index < -0.39 is 0 Å². The van der Waals surface area contributed by atoms with Crippen molar-refractivity contribution in [2.24, 2.45) is 0 Å². The average Bonchev–Trinajstić information content (AvgIpc) is 2.97. The summed E-state index contributed by atoms with van der Waals surface area (Å²) in [6.45, 7) is 0. The van der Waals surface area contributed by atoms with E-state index in [4.69, 9.17) is 9.97 Å². The Balaban J connectivity index is 1.60. The molecule has 0 saturated heterocycles. The molecule has 0 saturated carbocycles. The van der Waals surface area contributed by atoms with E-state index in [0.717, 1.165) is 38.9 Å². The van der Waals surface area contributed by atoms with Crippen LogP contribution in [0.3, 0.4) is 0 Å². The van der Waals surface area contributed by atoms with E-state index in [2.05, 4.69) is 109 Å². The molecule has 7 aromatic rings. The summed E-state index contributed by atoms with van der Waals surface area (Å²) in [5, 5.41) is 5.86. The van der Waals surface area contributed by atoms with E-state index >= 15 is 0 Å². The van der Waals surface area contributed by atoms with Gasteiger partial charge in [0.2, 0.25) is 0 Å². The second-order valence-corrected chi connectivity index (χ2v) is 9.06. The van der Waals surface area contributed by atoms with Crippen LogP contribution in [0.1, 0.15) is 0 Å². The minimum atomic E-state index is 0.741. The van der Waals surface area contributed by atoms with Crippen LogP contribution in [0.25, 0.3) is 66.2 Å². The minimum absolute atomic E-state index is 0.741. The maximum atomic E-state index is 5.13. The first-order chi connectivity index (χ1) is 17.8. The van der Waals surface area contributed by atoms with Crippen LogP contribution < -0.4 is 0 Å². The fourth-order valence-electron chi connectivity index (χ4n) is 5.09. The highest BCUT2D eigenvalue weighted by molar-refractivity contribution is 6.15. The summed E-state index contributed by atoms with van der Waals surface area (Å²) in [4.78, 5) is 10.3. The predicted molar refractivity (Wildman–Crippen MR) is 151 cm³/mol. The summed E-state index contributed by atoms with van der Waals surface area (Å²) < 4.78 is 0. The Morgan fingerprint density at radius 3 is 1.81 bits per heavy atom. The SMILES string of the molecule is c1ccc(-c2nc(-c3ccccc3)c3cc(-c4ccc5ccccc5c4)c4ccccc4c3n2)cc1. The molecule has 0 spiro atoms. The lowest BCUT2D eigenvalue weighted by Gasteiger charge is -2.15. The van der Waals surface area contributed by atoms with Crippen molar-refractivity contribution in [1.29, 1.82) is 0 Å². The first kappa shape index (κ1) is 20.5. The van der Waals surface area contributed by atoms with Crippen LogP contribution in [0, 0.1) is 0 Å². The molecule has 7 rings (SSSR count). The van der Waals surface area contributed by atoms with Crippen LogP contribution in [0.2, 0.25) is 0 Å². The molecular formula is C34H22N2. The molecule has 0 atom stereocenters. The molecular weight excluding hydrogens is 436 g/mol.